The molecular formula is C35H46N4O6S2. The van der Waals surface area contributed by atoms with Crippen LogP contribution in [-0.4, -0.2) is 70.1 Å². The van der Waals surface area contributed by atoms with Crippen molar-refractivity contribution in [3.63, 3.8) is 0 Å². The van der Waals surface area contributed by atoms with Crippen molar-refractivity contribution in [2.24, 2.45) is 10.9 Å². The van der Waals surface area contributed by atoms with E-state index in [1.807, 2.05) is 52.0 Å². The molecule has 12 heteroatoms. The summed E-state index contributed by atoms with van der Waals surface area (Å²) < 4.78 is 57.8. The van der Waals surface area contributed by atoms with Gasteiger partial charge in [-0.05, 0) is 74.9 Å². The van der Waals surface area contributed by atoms with E-state index in [0.717, 1.165) is 22.4 Å². The lowest BCUT2D eigenvalue weighted by atomic mass is 9.94. The molecule has 1 heterocycles. The first-order valence-corrected chi connectivity index (χ1v) is 18.9. The van der Waals surface area contributed by atoms with E-state index in [1.165, 1.54) is 16.4 Å². The average Bonchev–Trinajstić information content (AvgIpc) is 3.44. The van der Waals surface area contributed by atoms with Crippen LogP contribution in [0.25, 0.3) is 0 Å². The van der Waals surface area contributed by atoms with Crippen molar-refractivity contribution in [1.29, 1.82) is 0 Å². The van der Waals surface area contributed by atoms with E-state index in [9.17, 15) is 26.7 Å². The fraction of sp³-hybridized carbons (Fsp3) is 0.429. The van der Waals surface area contributed by atoms with Crippen LogP contribution in [0.1, 0.15) is 62.1 Å². The van der Waals surface area contributed by atoms with Gasteiger partial charge in [0, 0.05) is 31.3 Å². The minimum Gasteiger partial charge on any atom is -0.395 e. The number of nitrogens with zero attached hydrogens (tertiary/aromatic N) is 2. The van der Waals surface area contributed by atoms with Gasteiger partial charge >= 0.3 is 0 Å². The van der Waals surface area contributed by atoms with E-state index in [1.54, 1.807) is 42.6 Å². The van der Waals surface area contributed by atoms with Crippen molar-refractivity contribution >= 4 is 37.9 Å². The Labute approximate surface area is 279 Å². The molecule has 3 aromatic rings. The summed E-state index contributed by atoms with van der Waals surface area (Å²) in [6.07, 6.45) is 3.36. The molecule has 1 aliphatic rings. The van der Waals surface area contributed by atoms with E-state index in [4.69, 9.17) is 0 Å². The number of hydrogen-bond acceptors (Lipinski definition) is 7. The third-order valence-corrected chi connectivity index (χ3v) is 11.6. The van der Waals surface area contributed by atoms with Crippen molar-refractivity contribution in [1.82, 2.24) is 14.3 Å². The van der Waals surface area contributed by atoms with Crippen LogP contribution in [0.5, 0.6) is 0 Å². The van der Waals surface area contributed by atoms with Crippen LogP contribution in [0, 0.1) is 19.8 Å². The van der Waals surface area contributed by atoms with Gasteiger partial charge in [0.1, 0.15) is 6.04 Å². The molecular weight excluding hydrogens is 637 g/mol. The number of benzene rings is 3. The van der Waals surface area contributed by atoms with Gasteiger partial charge in [-0.25, -0.2) is 16.8 Å². The van der Waals surface area contributed by atoms with Gasteiger partial charge in [0.15, 0.2) is 0 Å². The number of carbonyl (C=O) groups is 1. The second kappa shape index (κ2) is 16.1. The molecule has 0 saturated carbocycles. The lowest BCUT2D eigenvalue weighted by Crippen LogP contribution is -2.47. The lowest BCUT2D eigenvalue weighted by molar-refractivity contribution is -0.122. The molecule has 0 radical (unpaired) electrons. The molecule has 47 heavy (non-hydrogen) atoms. The molecule has 0 spiro atoms. The van der Waals surface area contributed by atoms with Gasteiger partial charge in [-0.3, -0.25) is 9.79 Å². The standard InChI is InChI=1S/C35H46N4O6S2/c1-25(2)23-39(47(44,45)31-18-14-27(4)15-19-31)29(24-40)9-7-8-20-36-35(41)34(21-28-22-37-33-11-6-5-10-32(28)33)38-46(42,43)30-16-12-26(3)13-17-30/h5-6,10-19,22,25,28-29,34,38,40H,7-9,20-21,23-24H2,1-4H3,(H,36,41)/t28?,29-,34-/m0/s1. The van der Waals surface area contributed by atoms with E-state index in [-0.39, 0.29) is 47.7 Å². The molecule has 3 aromatic carbocycles. The zero-order chi connectivity index (χ0) is 34.2. The number of aliphatic hydroxyl groups excluding tert-OH is 1. The smallest absolute Gasteiger partial charge is 0.243 e. The number of rotatable bonds is 17. The molecule has 1 amide bonds. The topological polar surface area (TPSA) is 145 Å². The second-order valence-electron chi connectivity index (χ2n) is 12.6. The summed E-state index contributed by atoms with van der Waals surface area (Å²) in [5.74, 6) is -0.656. The first kappa shape index (κ1) is 36.4. The Hall–Kier alpha value is -3.42. The van der Waals surface area contributed by atoms with Gasteiger partial charge in [-0.1, -0.05) is 73.9 Å². The van der Waals surface area contributed by atoms with Crippen molar-refractivity contribution in [2.75, 3.05) is 19.7 Å². The van der Waals surface area contributed by atoms with E-state index in [0.29, 0.717) is 19.3 Å². The summed E-state index contributed by atoms with van der Waals surface area (Å²) in [4.78, 5) is 18.2. The van der Waals surface area contributed by atoms with Crippen LogP contribution in [-0.2, 0) is 24.8 Å². The van der Waals surface area contributed by atoms with Gasteiger partial charge in [0.05, 0.1) is 22.1 Å². The third kappa shape index (κ3) is 9.57. The minimum atomic E-state index is -3.99. The molecule has 1 unspecified atom stereocenters. The summed E-state index contributed by atoms with van der Waals surface area (Å²) in [5, 5.41) is 13.1. The zero-order valence-corrected chi connectivity index (χ0v) is 29.1. The lowest BCUT2D eigenvalue weighted by Gasteiger charge is -2.31. The fourth-order valence-corrected chi connectivity index (χ4v) is 8.63. The van der Waals surface area contributed by atoms with Crippen LogP contribution in [0.15, 0.2) is 87.6 Å². The van der Waals surface area contributed by atoms with Gasteiger partial charge in [0.25, 0.3) is 0 Å². The largest absolute Gasteiger partial charge is 0.395 e. The van der Waals surface area contributed by atoms with Crippen molar-refractivity contribution in [3.05, 3.63) is 89.5 Å². The Morgan fingerprint density at radius 3 is 2.13 bits per heavy atom. The maximum absolute atomic E-state index is 13.6. The van der Waals surface area contributed by atoms with Crippen LogP contribution >= 0.6 is 0 Å². The maximum Gasteiger partial charge on any atom is 0.243 e. The number of nitrogens with one attached hydrogen (secondary N) is 2. The van der Waals surface area contributed by atoms with Crippen molar-refractivity contribution < 1.29 is 26.7 Å². The van der Waals surface area contributed by atoms with Crippen molar-refractivity contribution in [3.8, 4) is 0 Å². The Bertz CT molecular complexity index is 1740. The number of para-hydroxylation sites is 1. The highest BCUT2D eigenvalue weighted by Gasteiger charge is 2.33. The Kier molecular flexibility index (Phi) is 12.5. The molecule has 0 aliphatic carbocycles. The first-order valence-electron chi connectivity index (χ1n) is 16.0. The monoisotopic (exact) mass is 682 g/mol. The van der Waals surface area contributed by atoms with E-state index >= 15 is 0 Å². The number of aliphatic hydroxyl groups is 1. The SMILES string of the molecule is Cc1ccc(S(=O)(=O)N[C@@H](CC2C=Nc3ccccc32)C(=O)NCCCC[C@@H](CO)N(CC(C)C)S(=O)(=O)c2ccc(C)cc2)cc1. The van der Waals surface area contributed by atoms with Crippen LogP contribution in [0.2, 0.25) is 0 Å². The highest BCUT2D eigenvalue weighted by Crippen LogP contribution is 2.34. The molecule has 0 bridgehead atoms. The van der Waals surface area contributed by atoms with Crippen LogP contribution in [0.3, 0.4) is 0 Å². The molecule has 0 fully saturated rings. The highest BCUT2D eigenvalue weighted by atomic mass is 32.2. The number of carbonyl (C=O) groups excluding carboxylic acids is 1. The Balaban J connectivity index is 1.40. The number of fused-ring (bicyclic) bond motifs is 1. The molecule has 3 atom stereocenters. The van der Waals surface area contributed by atoms with Crippen molar-refractivity contribution in [2.45, 2.75) is 81.2 Å². The molecule has 10 nitrogen and oxygen atoms in total. The molecule has 1 aliphatic heterocycles. The molecule has 0 aromatic heterocycles. The van der Waals surface area contributed by atoms with Crippen LogP contribution in [0.4, 0.5) is 5.69 Å². The number of amides is 1. The summed E-state index contributed by atoms with van der Waals surface area (Å²) in [7, 11) is -7.83. The van der Waals surface area contributed by atoms with Gasteiger partial charge in [-0.2, -0.15) is 9.03 Å². The zero-order valence-electron chi connectivity index (χ0n) is 27.5. The second-order valence-corrected chi connectivity index (χ2v) is 16.2. The van der Waals surface area contributed by atoms with E-state index < -0.39 is 38.0 Å². The maximum atomic E-state index is 13.6. The predicted molar refractivity (Wildman–Crippen MR) is 185 cm³/mol. The first-order chi connectivity index (χ1) is 22.3. The summed E-state index contributed by atoms with van der Waals surface area (Å²) >= 11 is 0. The summed E-state index contributed by atoms with van der Waals surface area (Å²) in [6.45, 7) is 7.80. The number of sulfonamides is 2. The Morgan fingerprint density at radius 1 is 0.894 bits per heavy atom. The quantitative estimate of drug-likeness (QED) is 0.174. The normalized spacial score (nSPS) is 15.9. The summed E-state index contributed by atoms with van der Waals surface area (Å²) in [5.41, 5.74) is 3.60. The third-order valence-electron chi connectivity index (χ3n) is 8.22. The minimum absolute atomic E-state index is 0.0426. The molecule has 4 rings (SSSR count). The van der Waals surface area contributed by atoms with E-state index in [2.05, 4.69) is 15.0 Å². The average molecular weight is 683 g/mol. The summed E-state index contributed by atoms with van der Waals surface area (Å²) in [6, 6.07) is 19.0. The fourth-order valence-electron chi connectivity index (χ4n) is 5.61. The number of hydrogen-bond donors (Lipinski definition) is 3. The highest BCUT2D eigenvalue weighted by molar-refractivity contribution is 7.89. The van der Waals surface area contributed by atoms with Gasteiger partial charge in [-0.15, -0.1) is 0 Å². The van der Waals surface area contributed by atoms with Crippen LogP contribution < -0.4 is 10.0 Å². The predicted octanol–water partition coefficient (Wildman–Crippen LogP) is 4.83. The Morgan fingerprint density at radius 2 is 1.51 bits per heavy atom. The number of aryl methyl sites for hydroxylation is 2. The molecule has 3 N–H and O–H groups in total. The van der Waals surface area contributed by atoms with Gasteiger partial charge in [0.2, 0.25) is 26.0 Å². The number of aliphatic imine (C=N–C) groups is 1. The molecule has 254 valence electrons. The number of unbranched alkanes of at least 4 members (excludes halogenated alkanes) is 1. The molecule has 0 saturated heterocycles. The van der Waals surface area contributed by atoms with Gasteiger partial charge < -0.3 is 10.4 Å².